The van der Waals surface area contributed by atoms with E-state index < -0.39 is 12.1 Å². The zero-order valence-corrected chi connectivity index (χ0v) is 15.1. The number of rotatable bonds is 6. The number of carbonyl (C=O) groups is 1. The Morgan fingerprint density at radius 1 is 1.17 bits per heavy atom. The third-order valence-electron chi connectivity index (χ3n) is 2.91. The molecule has 0 aromatic heterocycles. The standard InChI is InChI=1S/C15H15Cl2N2O4P/c1-22-14-9-12(19-24(16,17)21)7-8-13(14)18-15(20)23-10-11-5-3-2-4-6-11/h2-9H,10H2,1H3,(H,18,20)(H,19,21). The smallest absolute Gasteiger partial charge is 0.412 e. The molecule has 0 radical (unpaired) electrons. The summed E-state index contributed by atoms with van der Waals surface area (Å²) in [4.78, 5) is 11.9. The van der Waals surface area contributed by atoms with Crippen LogP contribution in [0, 0.1) is 0 Å². The molecule has 0 heterocycles. The Balaban J connectivity index is 2.00. The molecule has 9 heteroatoms. The number of nitrogens with one attached hydrogen (secondary N) is 2. The minimum absolute atomic E-state index is 0.149. The van der Waals surface area contributed by atoms with E-state index in [1.165, 1.54) is 13.2 Å². The highest BCUT2D eigenvalue weighted by Crippen LogP contribution is 2.56. The summed E-state index contributed by atoms with van der Waals surface area (Å²) >= 11 is 10.9. The van der Waals surface area contributed by atoms with E-state index in [0.29, 0.717) is 17.1 Å². The first-order chi connectivity index (χ1) is 11.4. The average molecular weight is 389 g/mol. The maximum absolute atomic E-state index is 11.9. The van der Waals surface area contributed by atoms with Gasteiger partial charge in [0.2, 0.25) is 0 Å². The summed E-state index contributed by atoms with van der Waals surface area (Å²) in [5.74, 6) is -3.15. The molecule has 0 saturated heterocycles. The van der Waals surface area contributed by atoms with Crippen molar-refractivity contribution in [3.8, 4) is 5.75 Å². The van der Waals surface area contributed by atoms with E-state index in [9.17, 15) is 9.36 Å². The molecule has 2 rings (SSSR count). The van der Waals surface area contributed by atoms with E-state index in [1.807, 2.05) is 30.3 Å². The molecule has 0 aliphatic carbocycles. The van der Waals surface area contributed by atoms with E-state index in [-0.39, 0.29) is 6.61 Å². The van der Waals surface area contributed by atoms with E-state index in [4.69, 9.17) is 32.0 Å². The highest BCUT2D eigenvalue weighted by Gasteiger charge is 2.15. The minimum Gasteiger partial charge on any atom is -0.494 e. The van der Waals surface area contributed by atoms with Gasteiger partial charge in [-0.05, 0) is 40.2 Å². The SMILES string of the molecule is COc1cc(NP(=O)(Cl)Cl)ccc1NC(=O)OCc1ccccc1. The van der Waals surface area contributed by atoms with E-state index >= 15 is 0 Å². The fourth-order valence-corrected chi connectivity index (χ4v) is 2.91. The fourth-order valence-electron chi connectivity index (χ4n) is 1.88. The molecule has 1 amide bonds. The van der Waals surface area contributed by atoms with Crippen LogP contribution >= 0.6 is 28.5 Å². The molecule has 2 aromatic rings. The van der Waals surface area contributed by atoms with Crippen LogP contribution in [0.1, 0.15) is 5.56 Å². The predicted molar refractivity (Wildman–Crippen MR) is 96.2 cm³/mol. The van der Waals surface area contributed by atoms with Crippen LogP contribution in [0.3, 0.4) is 0 Å². The molecule has 2 aromatic carbocycles. The second kappa shape index (κ2) is 8.29. The van der Waals surface area contributed by atoms with Gasteiger partial charge in [-0.15, -0.1) is 0 Å². The lowest BCUT2D eigenvalue weighted by molar-refractivity contribution is 0.155. The lowest BCUT2D eigenvalue weighted by Gasteiger charge is -2.13. The molecule has 0 saturated carbocycles. The highest BCUT2D eigenvalue weighted by atomic mass is 35.9. The number of hydrogen-bond acceptors (Lipinski definition) is 4. The van der Waals surface area contributed by atoms with Crippen molar-refractivity contribution < 1.29 is 18.8 Å². The number of halogens is 2. The van der Waals surface area contributed by atoms with Crippen LogP contribution in [0.4, 0.5) is 16.2 Å². The van der Waals surface area contributed by atoms with Gasteiger partial charge >= 0.3 is 12.1 Å². The molecule has 24 heavy (non-hydrogen) atoms. The number of carbonyl (C=O) groups excluding carboxylic acids is 1. The Morgan fingerprint density at radius 3 is 2.50 bits per heavy atom. The summed E-state index contributed by atoms with van der Waals surface area (Å²) in [5, 5.41) is 5.02. The highest BCUT2D eigenvalue weighted by molar-refractivity contribution is 8.09. The average Bonchev–Trinajstić information content (AvgIpc) is 2.54. The maximum atomic E-state index is 11.9. The van der Waals surface area contributed by atoms with Crippen molar-refractivity contribution in [1.29, 1.82) is 0 Å². The van der Waals surface area contributed by atoms with Crippen LogP contribution in [0.5, 0.6) is 5.75 Å². The number of hydrogen-bond donors (Lipinski definition) is 2. The maximum Gasteiger partial charge on any atom is 0.412 e. The third-order valence-corrected chi connectivity index (χ3v) is 3.94. The van der Waals surface area contributed by atoms with Gasteiger partial charge in [0.25, 0.3) is 0 Å². The molecule has 0 aliphatic heterocycles. The first-order valence-corrected chi connectivity index (χ1v) is 10.3. The number of anilines is 2. The van der Waals surface area contributed by atoms with E-state index in [2.05, 4.69) is 10.4 Å². The Morgan fingerprint density at radius 2 is 1.88 bits per heavy atom. The molecule has 0 aliphatic rings. The van der Waals surface area contributed by atoms with Gasteiger partial charge in [0.1, 0.15) is 12.4 Å². The van der Waals surface area contributed by atoms with Crippen molar-refractivity contribution in [3.63, 3.8) is 0 Å². The van der Waals surface area contributed by atoms with Crippen LogP contribution < -0.4 is 15.1 Å². The topological polar surface area (TPSA) is 76.7 Å². The summed E-state index contributed by atoms with van der Waals surface area (Å²) < 4.78 is 21.7. The zero-order valence-electron chi connectivity index (χ0n) is 12.7. The van der Waals surface area contributed by atoms with E-state index in [0.717, 1.165) is 5.56 Å². The fraction of sp³-hybridized carbons (Fsp3) is 0.133. The molecule has 6 nitrogen and oxygen atoms in total. The summed E-state index contributed by atoms with van der Waals surface area (Å²) in [7, 11) is 1.43. The van der Waals surface area contributed by atoms with Crippen molar-refractivity contribution in [2.24, 2.45) is 0 Å². The summed E-state index contributed by atoms with van der Waals surface area (Å²) in [5.41, 5.74) is 1.66. The lowest BCUT2D eigenvalue weighted by Crippen LogP contribution is -2.14. The largest absolute Gasteiger partial charge is 0.494 e. The van der Waals surface area contributed by atoms with E-state index in [1.54, 1.807) is 12.1 Å². The van der Waals surface area contributed by atoms with Crippen LogP contribution in [0.2, 0.25) is 0 Å². The molecule has 0 atom stereocenters. The normalized spacial score (nSPS) is 10.8. The molecule has 0 bridgehead atoms. The number of methoxy groups -OCH3 is 1. The first kappa shape index (κ1) is 18.5. The second-order valence-electron chi connectivity index (χ2n) is 4.68. The van der Waals surface area contributed by atoms with Gasteiger partial charge < -0.3 is 14.6 Å². The van der Waals surface area contributed by atoms with Gasteiger partial charge in [-0.1, -0.05) is 30.3 Å². The van der Waals surface area contributed by atoms with Crippen molar-refractivity contribution in [2.75, 3.05) is 17.5 Å². The van der Waals surface area contributed by atoms with Gasteiger partial charge in [0, 0.05) is 11.8 Å². The number of amides is 1. The second-order valence-corrected chi connectivity index (χ2v) is 9.20. The molecule has 2 N–H and O–H groups in total. The Hall–Kier alpha value is -1.88. The number of benzene rings is 2. The summed E-state index contributed by atoms with van der Waals surface area (Å²) in [6.07, 6.45) is -0.627. The Kier molecular flexibility index (Phi) is 6.37. The molecular formula is C15H15Cl2N2O4P. The third kappa shape index (κ3) is 5.96. The van der Waals surface area contributed by atoms with Crippen molar-refractivity contribution >= 4 is 45.9 Å². The van der Waals surface area contributed by atoms with Gasteiger partial charge in [-0.3, -0.25) is 9.88 Å². The monoisotopic (exact) mass is 388 g/mol. The number of ether oxygens (including phenoxy) is 2. The molecule has 0 unspecified atom stereocenters. The lowest BCUT2D eigenvalue weighted by atomic mass is 10.2. The molecule has 0 spiro atoms. The summed E-state index contributed by atoms with van der Waals surface area (Å²) in [6.45, 7) is 0.149. The zero-order chi connectivity index (χ0) is 17.6. The van der Waals surface area contributed by atoms with Gasteiger partial charge in [-0.25, -0.2) is 4.79 Å². The Labute approximate surface area is 149 Å². The van der Waals surface area contributed by atoms with Crippen molar-refractivity contribution in [2.45, 2.75) is 6.61 Å². The molecule has 128 valence electrons. The predicted octanol–water partition coefficient (Wildman–Crippen LogP) is 5.44. The Bertz CT molecular complexity index is 752. The van der Waals surface area contributed by atoms with Crippen LogP contribution in [0.25, 0.3) is 0 Å². The van der Waals surface area contributed by atoms with Crippen LogP contribution in [0.15, 0.2) is 48.5 Å². The minimum atomic E-state index is -3.48. The van der Waals surface area contributed by atoms with Gasteiger partial charge in [-0.2, -0.15) is 0 Å². The van der Waals surface area contributed by atoms with Crippen molar-refractivity contribution in [3.05, 3.63) is 54.1 Å². The first-order valence-electron chi connectivity index (χ1n) is 6.81. The van der Waals surface area contributed by atoms with Gasteiger partial charge in [0.05, 0.1) is 12.8 Å². The molecular weight excluding hydrogens is 374 g/mol. The summed E-state index contributed by atoms with van der Waals surface area (Å²) in [6, 6.07) is 13.9. The van der Waals surface area contributed by atoms with Crippen LogP contribution in [-0.2, 0) is 15.9 Å². The quantitative estimate of drug-likeness (QED) is 0.644. The van der Waals surface area contributed by atoms with Crippen molar-refractivity contribution in [1.82, 2.24) is 0 Å². The van der Waals surface area contributed by atoms with Gasteiger partial charge in [0.15, 0.2) is 0 Å². The van der Waals surface area contributed by atoms with Crippen LogP contribution in [-0.4, -0.2) is 13.2 Å². The molecule has 0 fully saturated rings.